The van der Waals surface area contributed by atoms with Crippen molar-refractivity contribution in [3.05, 3.63) is 45.2 Å². The van der Waals surface area contributed by atoms with Crippen molar-refractivity contribution in [2.45, 2.75) is 33.7 Å². The summed E-state index contributed by atoms with van der Waals surface area (Å²) in [5.41, 5.74) is 2.99. The second-order valence-corrected chi connectivity index (χ2v) is 5.84. The Morgan fingerprint density at radius 3 is 2.45 bits per heavy atom. The molecular weight excluding hydrogens is 320 g/mol. The Labute approximate surface area is 140 Å². The molecule has 2 aromatic rings. The van der Waals surface area contributed by atoms with Gasteiger partial charge in [-0.2, -0.15) is 0 Å². The maximum absolute atomic E-state index is 11.7. The number of aryl methyl sites for hydroxylation is 1. The fraction of sp³-hybridized carbons (Fsp3) is 0.375. The molecule has 2 rings (SSSR count). The Morgan fingerprint density at radius 2 is 1.95 bits per heavy atom. The highest BCUT2D eigenvalue weighted by atomic mass is 35.5. The minimum atomic E-state index is 0. The van der Waals surface area contributed by atoms with Crippen molar-refractivity contribution in [2.24, 2.45) is 4.99 Å². The number of carbonyl (C=O) groups excluding carboxylic acids is 1. The summed E-state index contributed by atoms with van der Waals surface area (Å²) in [7, 11) is 0. The molecule has 1 aromatic heterocycles. The van der Waals surface area contributed by atoms with Crippen molar-refractivity contribution in [3.8, 4) is 0 Å². The molecule has 6 heteroatoms. The number of aliphatic hydroxyl groups is 1. The number of aromatic nitrogens is 1. The van der Waals surface area contributed by atoms with E-state index in [4.69, 9.17) is 0 Å². The van der Waals surface area contributed by atoms with Crippen LogP contribution in [0.2, 0.25) is 0 Å². The van der Waals surface area contributed by atoms with E-state index in [1.165, 1.54) is 16.9 Å². The number of aliphatic hydroxyl groups excluding tert-OH is 1. The molecular formula is C16H21ClN2O2S. The Hall–Kier alpha value is -1.43. The van der Waals surface area contributed by atoms with Gasteiger partial charge in [-0.15, -0.1) is 12.4 Å². The predicted octanol–water partition coefficient (Wildman–Crippen LogP) is 3.27. The van der Waals surface area contributed by atoms with Crippen molar-refractivity contribution in [2.75, 3.05) is 6.61 Å². The van der Waals surface area contributed by atoms with Crippen LogP contribution in [0.5, 0.6) is 0 Å². The molecule has 0 atom stereocenters. The largest absolute Gasteiger partial charge is 0.395 e. The maximum Gasteiger partial charge on any atom is 0.190 e. The number of Topliss-reactive ketones (excluding diaryl/α,β-unsaturated/α-hetero) is 1. The number of hydrogen-bond acceptors (Lipinski definition) is 4. The number of halogens is 1. The number of carbonyl (C=O) groups is 1. The van der Waals surface area contributed by atoms with E-state index in [9.17, 15) is 9.90 Å². The molecule has 0 radical (unpaired) electrons. The standard InChI is InChI=1S/C16H20N2O2S.ClH/c1-4-13-5-7-14(8-6-13)17-16-18(9-10-19)11(2)15(21-16)12(3)20;/h5-8,19H,4,9-10H2,1-3H3;1H. The summed E-state index contributed by atoms with van der Waals surface area (Å²) >= 11 is 1.37. The molecule has 0 saturated heterocycles. The molecule has 1 heterocycles. The third-order valence-electron chi connectivity index (χ3n) is 3.37. The molecule has 22 heavy (non-hydrogen) atoms. The topological polar surface area (TPSA) is 54.6 Å². The molecule has 0 bridgehead atoms. The lowest BCUT2D eigenvalue weighted by molar-refractivity contribution is 0.102. The average Bonchev–Trinajstić information content (AvgIpc) is 2.78. The van der Waals surface area contributed by atoms with Crippen LogP contribution >= 0.6 is 23.7 Å². The van der Waals surface area contributed by atoms with Gasteiger partial charge in [-0.3, -0.25) is 4.79 Å². The molecule has 0 aliphatic rings. The molecule has 0 aliphatic heterocycles. The summed E-state index contributed by atoms with van der Waals surface area (Å²) in [6.07, 6.45) is 0.997. The summed E-state index contributed by atoms with van der Waals surface area (Å²) < 4.78 is 1.90. The van der Waals surface area contributed by atoms with Gasteiger partial charge in [0.25, 0.3) is 0 Å². The first-order chi connectivity index (χ1) is 10.1. The number of benzene rings is 1. The zero-order valence-electron chi connectivity index (χ0n) is 13.0. The lowest BCUT2D eigenvalue weighted by atomic mass is 10.2. The fourth-order valence-electron chi connectivity index (χ4n) is 2.18. The van der Waals surface area contributed by atoms with Gasteiger partial charge in [0, 0.05) is 19.2 Å². The van der Waals surface area contributed by atoms with Crippen LogP contribution in [-0.2, 0) is 13.0 Å². The highest BCUT2D eigenvalue weighted by Crippen LogP contribution is 2.16. The van der Waals surface area contributed by atoms with E-state index in [0.29, 0.717) is 11.4 Å². The van der Waals surface area contributed by atoms with Gasteiger partial charge in [0.1, 0.15) is 0 Å². The molecule has 0 fully saturated rings. The average molecular weight is 341 g/mol. The molecule has 1 aromatic carbocycles. The molecule has 0 unspecified atom stereocenters. The first-order valence-corrected chi connectivity index (χ1v) is 7.84. The Morgan fingerprint density at radius 1 is 1.32 bits per heavy atom. The van der Waals surface area contributed by atoms with Crippen LogP contribution in [0.3, 0.4) is 0 Å². The molecule has 0 saturated carbocycles. The zero-order valence-corrected chi connectivity index (χ0v) is 14.6. The van der Waals surface area contributed by atoms with E-state index in [-0.39, 0.29) is 24.8 Å². The van der Waals surface area contributed by atoms with Crippen LogP contribution < -0.4 is 4.80 Å². The summed E-state index contributed by atoms with van der Waals surface area (Å²) in [6, 6.07) is 8.07. The first kappa shape index (κ1) is 18.6. The zero-order chi connectivity index (χ0) is 15.4. The van der Waals surface area contributed by atoms with E-state index >= 15 is 0 Å². The Balaban J connectivity index is 0.00000242. The SMILES string of the molecule is CCc1ccc(N=c2sc(C(C)=O)c(C)n2CCO)cc1.Cl. The van der Waals surface area contributed by atoms with Gasteiger partial charge in [0.15, 0.2) is 10.6 Å². The second kappa shape index (κ2) is 8.27. The molecule has 0 spiro atoms. The summed E-state index contributed by atoms with van der Waals surface area (Å²) in [6.45, 7) is 6.03. The van der Waals surface area contributed by atoms with Gasteiger partial charge >= 0.3 is 0 Å². The van der Waals surface area contributed by atoms with Crippen molar-refractivity contribution in [1.82, 2.24) is 4.57 Å². The summed E-state index contributed by atoms with van der Waals surface area (Å²) in [5.74, 6) is 0.0342. The maximum atomic E-state index is 11.7. The van der Waals surface area contributed by atoms with E-state index in [2.05, 4.69) is 24.0 Å². The number of thiazole rings is 1. The molecule has 120 valence electrons. The highest BCUT2D eigenvalue weighted by Gasteiger charge is 2.12. The number of rotatable bonds is 5. The Bertz CT molecular complexity index is 702. The molecule has 0 amide bonds. The van der Waals surface area contributed by atoms with E-state index in [1.807, 2.05) is 23.6 Å². The summed E-state index contributed by atoms with van der Waals surface area (Å²) in [4.78, 5) is 17.7. The predicted molar refractivity (Wildman–Crippen MR) is 92.4 cm³/mol. The van der Waals surface area contributed by atoms with Crippen molar-refractivity contribution >= 4 is 35.2 Å². The third kappa shape index (κ3) is 4.06. The fourth-order valence-corrected chi connectivity index (χ4v) is 3.25. The van der Waals surface area contributed by atoms with Crippen LogP contribution in [0.1, 0.15) is 34.8 Å². The molecule has 1 N–H and O–H groups in total. The number of ketones is 1. The van der Waals surface area contributed by atoms with Crippen molar-refractivity contribution < 1.29 is 9.90 Å². The van der Waals surface area contributed by atoms with Gasteiger partial charge in [-0.05, 0) is 31.0 Å². The smallest absolute Gasteiger partial charge is 0.190 e. The quantitative estimate of drug-likeness (QED) is 0.849. The van der Waals surface area contributed by atoms with E-state index < -0.39 is 0 Å². The molecule has 0 aliphatic carbocycles. The second-order valence-electron chi connectivity index (χ2n) is 4.86. The first-order valence-electron chi connectivity index (χ1n) is 7.02. The normalized spacial score (nSPS) is 11.4. The summed E-state index contributed by atoms with van der Waals surface area (Å²) in [5, 5.41) is 9.21. The van der Waals surface area contributed by atoms with Crippen molar-refractivity contribution in [3.63, 3.8) is 0 Å². The van der Waals surface area contributed by atoms with Crippen LogP contribution in [0.15, 0.2) is 29.3 Å². The lowest BCUT2D eigenvalue weighted by Gasteiger charge is -2.03. The number of hydrogen-bond donors (Lipinski definition) is 1. The van der Waals surface area contributed by atoms with E-state index in [0.717, 1.165) is 22.6 Å². The van der Waals surface area contributed by atoms with E-state index in [1.54, 1.807) is 6.92 Å². The van der Waals surface area contributed by atoms with Gasteiger partial charge in [0.2, 0.25) is 0 Å². The van der Waals surface area contributed by atoms with Gasteiger partial charge in [-0.1, -0.05) is 30.4 Å². The van der Waals surface area contributed by atoms with Crippen LogP contribution in [0.4, 0.5) is 5.69 Å². The van der Waals surface area contributed by atoms with Gasteiger partial charge < -0.3 is 9.67 Å². The lowest BCUT2D eigenvalue weighted by Crippen LogP contribution is -2.18. The highest BCUT2D eigenvalue weighted by molar-refractivity contribution is 7.11. The van der Waals surface area contributed by atoms with Crippen LogP contribution in [0.25, 0.3) is 0 Å². The van der Waals surface area contributed by atoms with Crippen LogP contribution in [0, 0.1) is 6.92 Å². The monoisotopic (exact) mass is 340 g/mol. The minimum absolute atomic E-state index is 0. The van der Waals surface area contributed by atoms with Gasteiger partial charge in [0.05, 0.1) is 17.2 Å². The Kier molecular flexibility index (Phi) is 7.00. The van der Waals surface area contributed by atoms with Gasteiger partial charge in [-0.25, -0.2) is 4.99 Å². The third-order valence-corrected chi connectivity index (χ3v) is 4.65. The van der Waals surface area contributed by atoms with Crippen molar-refractivity contribution in [1.29, 1.82) is 0 Å². The van der Waals surface area contributed by atoms with Crippen LogP contribution in [-0.4, -0.2) is 22.1 Å². The number of nitrogens with zero attached hydrogens (tertiary/aromatic N) is 2. The minimum Gasteiger partial charge on any atom is -0.395 e. The molecule has 4 nitrogen and oxygen atoms in total.